The van der Waals surface area contributed by atoms with Gasteiger partial charge in [0.1, 0.15) is 5.75 Å². The summed E-state index contributed by atoms with van der Waals surface area (Å²) in [6.07, 6.45) is 0.894. The third-order valence-electron chi connectivity index (χ3n) is 2.85. The summed E-state index contributed by atoms with van der Waals surface area (Å²) in [4.78, 5) is 2.15. The van der Waals surface area contributed by atoms with E-state index in [4.69, 9.17) is 10.5 Å². The molecular weight excluding hydrogens is 372 g/mol. The van der Waals surface area contributed by atoms with E-state index in [1.54, 1.807) is 0 Å². The molecule has 0 amide bonds. The first-order valence-electron chi connectivity index (χ1n) is 6.02. The van der Waals surface area contributed by atoms with Crippen LogP contribution in [0, 0.1) is 0 Å². The summed E-state index contributed by atoms with van der Waals surface area (Å²) in [6, 6.07) is 4.00. The van der Waals surface area contributed by atoms with Gasteiger partial charge in [-0.3, -0.25) is 0 Å². The average Bonchev–Trinajstić information content (AvgIpc) is 2.25. The highest BCUT2D eigenvalue weighted by molar-refractivity contribution is 9.11. The number of hydrogen-bond acceptors (Lipinski definition) is 3. The molecule has 19 heavy (non-hydrogen) atoms. The quantitative estimate of drug-likeness (QED) is 0.586. The lowest BCUT2D eigenvalue weighted by Crippen LogP contribution is -2.30. The Labute approximate surface area is 132 Å². The van der Waals surface area contributed by atoms with E-state index in [-0.39, 0.29) is 0 Å². The van der Waals surface area contributed by atoms with Crippen molar-refractivity contribution >= 4 is 37.5 Å². The Morgan fingerprint density at radius 3 is 2.32 bits per heavy atom. The summed E-state index contributed by atoms with van der Waals surface area (Å²) in [5.41, 5.74) is 7.59. The third kappa shape index (κ3) is 4.82. The highest BCUT2D eigenvalue weighted by atomic mass is 79.9. The minimum atomic E-state index is 0.325. The van der Waals surface area contributed by atoms with Crippen LogP contribution in [0.25, 0.3) is 0 Å². The molecule has 0 fully saturated rings. The molecule has 0 heterocycles. The first-order chi connectivity index (χ1) is 8.82. The van der Waals surface area contributed by atoms with Crippen LogP contribution in [0.15, 0.2) is 33.2 Å². The Kier molecular flexibility index (Phi) is 6.36. The van der Waals surface area contributed by atoms with Crippen LogP contribution in [0.4, 0.5) is 5.69 Å². The van der Waals surface area contributed by atoms with Gasteiger partial charge in [0.05, 0.1) is 15.6 Å². The van der Waals surface area contributed by atoms with Gasteiger partial charge in [0.15, 0.2) is 0 Å². The molecule has 106 valence electrons. The maximum absolute atomic E-state index is 5.84. The maximum atomic E-state index is 5.84. The minimum absolute atomic E-state index is 0.325. The van der Waals surface area contributed by atoms with E-state index in [9.17, 15) is 0 Å². The Hall–Kier alpha value is -0.520. The van der Waals surface area contributed by atoms with Crippen LogP contribution in [-0.4, -0.2) is 31.6 Å². The van der Waals surface area contributed by atoms with E-state index in [1.165, 1.54) is 0 Å². The molecule has 5 heteroatoms. The largest absolute Gasteiger partial charge is 0.491 e. The summed E-state index contributed by atoms with van der Waals surface area (Å²) in [5.74, 6) is 0.786. The number of anilines is 1. The average molecular weight is 392 g/mol. The van der Waals surface area contributed by atoms with Crippen molar-refractivity contribution in [2.24, 2.45) is 0 Å². The number of halogens is 2. The van der Waals surface area contributed by atoms with Gasteiger partial charge in [0.2, 0.25) is 0 Å². The summed E-state index contributed by atoms with van der Waals surface area (Å²) < 4.78 is 7.55. The van der Waals surface area contributed by atoms with Gasteiger partial charge < -0.3 is 15.4 Å². The smallest absolute Gasteiger partial charge is 0.147 e. The second kappa shape index (κ2) is 7.31. The van der Waals surface area contributed by atoms with Crippen LogP contribution in [0.5, 0.6) is 5.75 Å². The van der Waals surface area contributed by atoms with Gasteiger partial charge in [-0.05, 0) is 65.0 Å². The fourth-order valence-electron chi connectivity index (χ4n) is 1.94. The summed E-state index contributed by atoms with van der Waals surface area (Å²) in [7, 11) is 4.10. The van der Waals surface area contributed by atoms with Gasteiger partial charge in [-0.1, -0.05) is 12.2 Å². The molecular formula is C14H20Br2N2O. The van der Waals surface area contributed by atoms with Gasteiger partial charge in [-0.15, -0.1) is 0 Å². The lowest BCUT2D eigenvalue weighted by Gasteiger charge is -2.24. The van der Waals surface area contributed by atoms with E-state index in [0.717, 1.165) is 26.7 Å². The molecule has 1 atom stereocenters. The van der Waals surface area contributed by atoms with Crippen molar-refractivity contribution in [2.75, 3.05) is 26.4 Å². The number of nitrogens with two attached hydrogens (primary N) is 1. The standard InChI is InChI=1S/C14H20Br2N2O/c1-9(2)13(18(3)4)5-6-19-14-11(15)7-10(17)8-12(14)16/h7-8,13H,1,5-6,17H2,2-4H3. The Morgan fingerprint density at radius 2 is 1.89 bits per heavy atom. The number of rotatable bonds is 6. The molecule has 0 aliphatic carbocycles. The number of ether oxygens (including phenoxy) is 1. The molecule has 0 spiro atoms. The predicted molar refractivity (Wildman–Crippen MR) is 88.7 cm³/mol. The molecule has 0 bridgehead atoms. The number of likely N-dealkylation sites (N-methyl/N-ethyl adjacent to an activating group) is 1. The topological polar surface area (TPSA) is 38.5 Å². The van der Waals surface area contributed by atoms with E-state index in [2.05, 4.69) is 43.3 Å². The van der Waals surface area contributed by atoms with Crippen molar-refractivity contribution in [3.05, 3.63) is 33.2 Å². The summed E-state index contributed by atoms with van der Waals surface area (Å²) >= 11 is 6.92. The Morgan fingerprint density at radius 1 is 1.37 bits per heavy atom. The summed E-state index contributed by atoms with van der Waals surface area (Å²) in [6.45, 7) is 6.68. The zero-order valence-electron chi connectivity index (χ0n) is 11.5. The number of nitrogen functional groups attached to an aromatic ring is 1. The fourth-order valence-corrected chi connectivity index (χ4v) is 3.39. The van der Waals surface area contributed by atoms with Crippen LogP contribution < -0.4 is 10.5 Å². The van der Waals surface area contributed by atoms with E-state index >= 15 is 0 Å². The third-order valence-corrected chi connectivity index (χ3v) is 4.03. The monoisotopic (exact) mass is 390 g/mol. The van der Waals surface area contributed by atoms with Crippen LogP contribution in [0.3, 0.4) is 0 Å². The van der Waals surface area contributed by atoms with Gasteiger partial charge in [-0.2, -0.15) is 0 Å². The van der Waals surface area contributed by atoms with E-state index < -0.39 is 0 Å². The van der Waals surface area contributed by atoms with Crippen LogP contribution >= 0.6 is 31.9 Å². The molecule has 0 saturated heterocycles. The van der Waals surface area contributed by atoms with Crippen molar-refractivity contribution in [3.8, 4) is 5.75 Å². The van der Waals surface area contributed by atoms with E-state index in [1.807, 2.05) is 33.2 Å². The van der Waals surface area contributed by atoms with Crippen LogP contribution in [0.2, 0.25) is 0 Å². The number of nitrogens with zero attached hydrogens (tertiary/aromatic N) is 1. The predicted octanol–water partition coefficient (Wildman–Crippen LogP) is 4.07. The van der Waals surface area contributed by atoms with Crippen molar-refractivity contribution in [1.82, 2.24) is 4.90 Å². The second-order valence-corrected chi connectivity index (χ2v) is 6.49. The van der Waals surface area contributed by atoms with Crippen molar-refractivity contribution in [3.63, 3.8) is 0 Å². The molecule has 1 rings (SSSR count). The highest BCUT2D eigenvalue weighted by Gasteiger charge is 2.13. The lowest BCUT2D eigenvalue weighted by molar-refractivity contribution is 0.241. The first-order valence-corrected chi connectivity index (χ1v) is 7.60. The SMILES string of the molecule is C=C(C)C(CCOc1c(Br)cc(N)cc1Br)N(C)C. The minimum Gasteiger partial charge on any atom is -0.491 e. The van der Waals surface area contributed by atoms with Crippen LogP contribution in [-0.2, 0) is 0 Å². The molecule has 3 nitrogen and oxygen atoms in total. The van der Waals surface area contributed by atoms with Gasteiger partial charge in [-0.25, -0.2) is 0 Å². The van der Waals surface area contributed by atoms with Crippen molar-refractivity contribution in [2.45, 2.75) is 19.4 Å². The molecule has 1 aromatic carbocycles. The second-order valence-electron chi connectivity index (χ2n) is 4.78. The molecule has 0 aromatic heterocycles. The zero-order valence-corrected chi connectivity index (χ0v) is 14.7. The van der Waals surface area contributed by atoms with E-state index in [0.29, 0.717) is 18.3 Å². The maximum Gasteiger partial charge on any atom is 0.147 e. The molecule has 1 unspecified atom stereocenters. The molecule has 0 saturated carbocycles. The molecule has 1 aromatic rings. The zero-order chi connectivity index (χ0) is 14.6. The van der Waals surface area contributed by atoms with Crippen molar-refractivity contribution < 1.29 is 4.74 Å². The number of benzene rings is 1. The van der Waals surface area contributed by atoms with Crippen molar-refractivity contribution in [1.29, 1.82) is 0 Å². The van der Waals surface area contributed by atoms with Gasteiger partial charge >= 0.3 is 0 Å². The normalized spacial score (nSPS) is 12.5. The van der Waals surface area contributed by atoms with Gasteiger partial charge in [0.25, 0.3) is 0 Å². The lowest BCUT2D eigenvalue weighted by atomic mass is 10.1. The molecule has 0 aliphatic heterocycles. The molecule has 0 radical (unpaired) electrons. The number of hydrogen-bond donors (Lipinski definition) is 1. The molecule has 0 aliphatic rings. The van der Waals surface area contributed by atoms with Gasteiger partial charge in [0, 0.05) is 18.2 Å². The Bertz CT molecular complexity index is 438. The highest BCUT2D eigenvalue weighted by Crippen LogP contribution is 2.35. The summed E-state index contributed by atoms with van der Waals surface area (Å²) in [5, 5.41) is 0. The molecule has 2 N–H and O–H groups in total. The van der Waals surface area contributed by atoms with Crippen LogP contribution in [0.1, 0.15) is 13.3 Å². The Balaban J connectivity index is 2.65. The fraction of sp³-hybridized carbons (Fsp3) is 0.429. The first kappa shape index (κ1) is 16.5.